The first-order chi connectivity index (χ1) is 10.4. The van der Waals surface area contributed by atoms with Crippen LogP contribution in [0.25, 0.3) is 0 Å². The van der Waals surface area contributed by atoms with E-state index in [0.717, 1.165) is 31.4 Å². The van der Waals surface area contributed by atoms with Crippen molar-refractivity contribution in [2.45, 2.75) is 44.7 Å². The van der Waals surface area contributed by atoms with E-state index in [1.165, 1.54) is 25.3 Å². The molecule has 0 radical (unpaired) electrons. The number of carbonyl (C=O) groups is 1. The number of hydrogen-bond acceptors (Lipinski definition) is 2. The third-order valence-electron chi connectivity index (χ3n) is 4.08. The zero-order valence-electron chi connectivity index (χ0n) is 12.3. The Kier molecular flexibility index (Phi) is 5.32. The van der Waals surface area contributed by atoms with Crippen molar-refractivity contribution in [3.8, 4) is 5.75 Å². The van der Waals surface area contributed by atoms with Gasteiger partial charge in [-0.2, -0.15) is 13.2 Å². The second kappa shape index (κ2) is 7.03. The molecule has 1 aromatic carbocycles. The molecule has 2 N–H and O–H groups in total. The van der Waals surface area contributed by atoms with Gasteiger partial charge in [-0.3, -0.25) is 4.79 Å². The number of benzene rings is 1. The number of amides is 1. The molecule has 0 aromatic heterocycles. The van der Waals surface area contributed by atoms with Crippen LogP contribution >= 0.6 is 0 Å². The first-order valence-corrected chi connectivity index (χ1v) is 7.52. The molecular formula is C16H20F3NO2. The number of rotatable bonds is 5. The van der Waals surface area contributed by atoms with Gasteiger partial charge in [0, 0.05) is 0 Å². The van der Waals surface area contributed by atoms with E-state index in [4.69, 9.17) is 10.5 Å². The Morgan fingerprint density at radius 3 is 2.50 bits per heavy atom. The molecule has 0 heterocycles. The topological polar surface area (TPSA) is 52.3 Å². The zero-order valence-corrected chi connectivity index (χ0v) is 12.3. The first-order valence-electron chi connectivity index (χ1n) is 7.52. The molecule has 1 saturated carbocycles. The molecule has 1 amide bonds. The Labute approximate surface area is 127 Å². The van der Waals surface area contributed by atoms with Gasteiger partial charge in [0.25, 0.3) is 0 Å². The lowest BCUT2D eigenvalue weighted by Gasteiger charge is -2.21. The number of alkyl halides is 3. The van der Waals surface area contributed by atoms with Gasteiger partial charge < -0.3 is 10.5 Å². The number of nitrogens with two attached hydrogens (primary N) is 1. The average molecular weight is 315 g/mol. The standard InChI is InChI=1S/C16H20F3NO2/c17-16(18,19)14-10-12(6-7-13(14)15(20)21)22-9-8-11-4-2-1-3-5-11/h6-7,10-11H,1-5,8-9H2,(H2,20,21). The number of hydrogen-bond donors (Lipinski definition) is 1. The minimum absolute atomic E-state index is 0.119. The lowest BCUT2D eigenvalue weighted by molar-refractivity contribution is -0.138. The van der Waals surface area contributed by atoms with Crippen molar-refractivity contribution in [1.82, 2.24) is 0 Å². The van der Waals surface area contributed by atoms with Crippen LogP contribution in [0.15, 0.2) is 18.2 Å². The monoisotopic (exact) mass is 315 g/mol. The normalized spacial score (nSPS) is 16.5. The molecule has 0 unspecified atom stereocenters. The lowest BCUT2D eigenvalue weighted by Crippen LogP contribution is -2.19. The fraction of sp³-hybridized carbons (Fsp3) is 0.562. The van der Waals surface area contributed by atoms with Crippen LogP contribution in [0.4, 0.5) is 13.2 Å². The van der Waals surface area contributed by atoms with Crippen molar-refractivity contribution in [1.29, 1.82) is 0 Å². The van der Waals surface area contributed by atoms with E-state index < -0.39 is 23.2 Å². The summed E-state index contributed by atoms with van der Waals surface area (Å²) >= 11 is 0. The van der Waals surface area contributed by atoms with Crippen LogP contribution in [0.1, 0.15) is 54.4 Å². The van der Waals surface area contributed by atoms with Crippen LogP contribution in [0.2, 0.25) is 0 Å². The quantitative estimate of drug-likeness (QED) is 0.887. The van der Waals surface area contributed by atoms with Gasteiger partial charge in [0.05, 0.1) is 17.7 Å². The van der Waals surface area contributed by atoms with E-state index in [0.29, 0.717) is 12.5 Å². The molecule has 0 atom stereocenters. The predicted octanol–water partition coefficient (Wildman–Crippen LogP) is 4.15. The molecule has 6 heteroatoms. The van der Waals surface area contributed by atoms with Crippen molar-refractivity contribution in [3.05, 3.63) is 29.3 Å². The van der Waals surface area contributed by atoms with Gasteiger partial charge in [-0.05, 0) is 30.5 Å². The Hall–Kier alpha value is -1.72. The second-order valence-electron chi connectivity index (χ2n) is 5.71. The molecule has 1 fully saturated rings. The highest BCUT2D eigenvalue weighted by molar-refractivity contribution is 5.94. The van der Waals surface area contributed by atoms with Gasteiger partial charge in [-0.1, -0.05) is 32.1 Å². The summed E-state index contributed by atoms with van der Waals surface area (Å²) in [6.45, 7) is 0.387. The Balaban J connectivity index is 2.00. The lowest BCUT2D eigenvalue weighted by atomic mass is 9.87. The molecule has 1 aromatic rings. The van der Waals surface area contributed by atoms with Crippen molar-refractivity contribution < 1.29 is 22.7 Å². The van der Waals surface area contributed by atoms with E-state index in [1.54, 1.807) is 0 Å². The number of carbonyl (C=O) groups excluding carboxylic acids is 1. The van der Waals surface area contributed by atoms with E-state index in [9.17, 15) is 18.0 Å². The number of halogens is 3. The van der Waals surface area contributed by atoms with Crippen LogP contribution in [0, 0.1) is 5.92 Å². The minimum Gasteiger partial charge on any atom is -0.494 e. The summed E-state index contributed by atoms with van der Waals surface area (Å²) in [6, 6.07) is 3.28. The summed E-state index contributed by atoms with van der Waals surface area (Å²) in [5, 5.41) is 0. The Bertz CT molecular complexity index is 523. The summed E-state index contributed by atoms with van der Waals surface area (Å²) < 4.78 is 44.2. The van der Waals surface area contributed by atoms with Gasteiger partial charge in [0.2, 0.25) is 5.91 Å². The third-order valence-corrected chi connectivity index (χ3v) is 4.08. The largest absolute Gasteiger partial charge is 0.494 e. The average Bonchev–Trinajstić information content (AvgIpc) is 2.47. The molecule has 122 valence electrons. The maximum absolute atomic E-state index is 12.9. The highest BCUT2D eigenvalue weighted by atomic mass is 19.4. The van der Waals surface area contributed by atoms with Crippen molar-refractivity contribution in [2.24, 2.45) is 11.7 Å². The Morgan fingerprint density at radius 1 is 1.23 bits per heavy atom. The van der Waals surface area contributed by atoms with E-state index in [-0.39, 0.29) is 5.75 Å². The van der Waals surface area contributed by atoms with Crippen molar-refractivity contribution in [3.63, 3.8) is 0 Å². The summed E-state index contributed by atoms with van der Waals surface area (Å²) in [5.74, 6) is -0.380. The molecule has 1 aliphatic rings. The van der Waals surface area contributed by atoms with Crippen molar-refractivity contribution in [2.75, 3.05) is 6.61 Å². The van der Waals surface area contributed by atoms with Gasteiger partial charge in [0.1, 0.15) is 5.75 Å². The summed E-state index contributed by atoms with van der Waals surface area (Å²) in [5.41, 5.74) is 3.40. The van der Waals surface area contributed by atoms with Crippen LogP contribution in [0.5, 0.6) is 5.75 Å². The molecule has 22 heavy (non-hydrogen) atoms. The predicted molar refractivity (Wildman–Crippen MR) is 76.6 cm³/mol. The second-order valence-corrected chi connectivity index (χ2v) is 5.71. The molecule has 0 saturated heterocycles. The van der Waals surface area contributed by atoms with Crippen LogP contribution in [-0.2, 0) is 6.18 Å². The van der Waals surface area contributed by atoms with Crippen LogP contribution in [0.3, 0.4) is 0 Å². The zero-order chi connectivity index (χ0) is 16.2. The van der Waals surface area contributed by atoms with Gasteiger partial charge in [-0.25, -0.2) is 0 Å². The van der Waals surface area contributed by atoms with Gasteiger partial charge >= 0.3 is 6.18 Å². The fourth-order valence-electron chi connectivity index (χ4n) is 2.88. The third kappa shape index (κ3) is 4.39. The highest BCUT2D eigenvalue weighted by Crippen LogP contribution is 2.34. The smallest absolute Gasteiger partial charge is 0.417 e. The molecule has 0 bridgehead atoms. The van der Waals surface area contributed by atoms with Crippen LogP contribution < -0.4 is 10.5 Å². The molecule has 3 nitrogen and oxygen atoms in total. The van der Waals surface area contributed by atoms with E-state index >= 15 is 0 Å². The van der Waals surface area contributed by atoms with Crippen LogP contribution in [-0.4, -0.2) is 12.5 Å². The Morgan fingerprint density at radius 2 is 1.91 bits per heavy atom. The molecule has 0 spiro atoms. The minimum atomic E-state index is -4.63. The molecule has 1 aliphatic carbocycles. The van der Waals surface area contributed by atoms with Crippen molar-refractivity contribution >= 4 is 5.91 Å². The summed E-state index contributed by atoms with van der Waals surface area (Å²) in [7, 11) is 0. The maximum atomic E-state index is 12.9. The number of ether oxygens (including phenoxy) is 1. The fourth-order valence-corrected chi connectivity index (χ4v) is 2.88. The first kappa shape index (κ1) is 16.6. The molecule has 0 aliphatic heterocycles. The molecular weight excluding hydrogens is 295 g/mol. The van der Waals surface area contributed by atoms with E-state index in [1.807, 2.05) is 0 Å². The summed E-state index contributed by atoms with van der Waals surface area (Å²) in [6.07, 6.45) is 2.24. The SMILES string of the molecule is NC(=O)c1ccc(OCCC2CCCCC2)cc1C(F)(F)F. The summed E-state index contributed by atoms with van der Waals surface area (Å²) in [4.78, 5) is 11.1. The molecule has 2 rings (SSSR count). The van der Waals surface area contributed by atoms with Gasteiger partial charge in [0.15, 0.2) is 0 Å². The highest BCUT2D eigenvalue weighted by Gasteiger charge is 2.35. The maximum Gasteiger partial charge on any atom is 0.417 e. The number of primary amides is 1. The van der Waals surface area contributed by atoms with Gasteiger partial charge in [-0.15, -0.1) is 0 Å². The van der Waals surface area contributed by atoms with E-state index in [2.05, 4.69) is 0 Å².